The summed E-state index contributed by atoms with van der Waals surface area (Å²) in [6, 6.07) is 7.91. The van der Waals surface area contributed by atoms with Gasteiger partial charge in [0.2, 0.25) is 5.82 Å². The lowest BCUT2D eigenvalue weighted by atomic mass is 10.2. The molecule has 0 unspecified atom stereocenters. The fourth-order valence-electron chi connectivity index (χ4n) is 2.56. The quantitative estimate of drug-likeness (QED) is 0.549. The van der Waals surface area contributed by atoms with Gasteiger partial charge in [-0.05, 0) is 36.4 Å². The van der Waals surface area contributed by atoms with Crippen LogP contribution >= 0.6 is 11.3 Å². The molecule has 9 heteroatoms. The van der Waals surface area contributed by atoms with Gasteiger partial charge in [-0.2, -0.15) is 4.98 Å². The molecular weight excluding hydrogens is 371 g/mol. The van der Waals surface area contributed by atoms with Gasteiger partial charge in [-0.3, -0.25) is 4.79 Å². The number of benzene rings is 1. The first-order valence-electron chi connectivity index (χ1n) is 7.99. The Morgan fingerprint density at radius 2 is 2.11 bits per heavy atom. The summed E-state index contributed by atoms with van der Waals surface area (Å²) >= 11 is 1.46. The first kappa shape index (κ1) is 17.3. The molecule has 1 atom stereocenters. The molecule has 136 valence electrons. The second kappa shape index (κ2) is 7.22. The summed E-state index contributed by atoms with van der Waals surface area (Å²) in [5.74, 6) is -0.506. The van der Waals surface area contributed by atoms with Gasteiger partial charge in [0.05, 0.1) is 6.61 Å². The molecule has 2 N–H and O–H groups in total. The van der Waals surface area contributed by atoms with E-state index < -0.39 is 24.4 Å². The Balaban J connectivity index is 1.57. The molecule has 0 fully saturated rings. The molecule has 0 spiro atoms. The van der Waals surface area contributed by atoms with Crippen molar-refractivity contribution in [3.05, 3.63) is 65.2 Å². The van der Waals surface area contributed by atoms with Gasteiger partial charge in [-0.25, -0.2) is 9.37 Å². The zero-order valence-corrected chi connectivity index (χ0v) is 14.6. The van der Waals surface area contributed by atoms with E-state index in [1.54, 1.807) is 6.20 Å². The van der Waals surface area contributed by atoms with E-state index in [-0.39, 0.29) is 11.5 Å². The minimum Gasteiger partial charge on any atom is -0.394 e. The number of fused-ring (bicyclic) bond motifs is 1. The highest BCUT2D eigenvalue weighted by Gasteiger charge is 2.22. The summed E-state index contributed by atoms with van der Waals surface area (Å²) in [6.07, 6.45) is 1.71. The van der Waals surface area contributed by atoms with E-state index in [0.717, 1.165) is 15.8 Å². The second-order valence-corrected chi connectivity index (χ2v) is 6.54. The molecule has 0 aliphatic heterocycles. The third kappa shape index (κ3) is 3.42. The number of carbonyl (C=O) groups excluding carboxylic acids is 1. The highest BCUT2D eigenvalue weighted by atomic mass is 32.1. The Hall–Kier alpha value is -3.17. The summed E-state index contributed by atoms with van der Waals surface area (Å²) in [6.45, 7) is -0.430. The number of thiophene rings is 1. The molecule has 0 radical (unpaired) electrons. The predicted octanol–water partition coefficient (Wildman–Crippen LogP) is 2.95. The Morgan fingerprint density at radius 1 is 1.30 bits per heavy atom. The van der Waals surface area contributed by atoms with Crippen molar-refractivity contribution in [2.75, 3.05) is 6.61 Å². The van der Waals surface area contributed by atoms with Gasteiger partial charge in [-0.15, -0.1) is 11.3 Å². The molecule has 0 aliphatic carbocycles. The van der Waals surface area contributed by atoms with Gasteiger partial charge >= 0.3 is 0 Å². The van der Waals surface area contributed by atoms with Crippen LogP contribution in [-0.4, -0.2) is 32.7 Å². The van der Waals surface area contributed by atoms with Crippen LogP contribution in [0.3, 0.4) is 0 Å². The van der Waals surface area contributed by atoms with E-state index in [1.807, 2.05) is 17.5 Å². The van der Waals surface area contributed by atoms with Gasteiger partial charge in [0, 0.05) is 28.1 Å². The second-order valence-electron chi connectivity index (χ2n) is 5.68. The van der Waals surface area contributed by atoms with Crippen LogP contribution < -0.4 is 5.32 Å². The molecule has 3 heterocycles. The monoisotopic (exact) mass is 384 g/mol. The number of pyridine rings is 1. The third-order valence-electron chi connectivity index (χ3n) is 3.92. The summed E-state index contributed by atoms with van der Waals surface area (Å²) in [5.41, 5.74) is 1.02. The van der Waals surface area contributed by atoms with E-state index in [4.69, 9.17) is 4.52 Å². The number of rotatable bonds is 5. The van der Waals surface area contributed by atoms with Gasteiger partial charge < -0.3 is 14.9 Å². The van der Waals surface area contributed by atoms with Crippen molar-refractivity contribution >= 4 is 27.5 Å². The Kier molecular flexibility index (Phi) is 4.61. The maximum atomic E-state index is 13.0. The summed E-state index contributed by atoms with van der Waals surface area (Å²) < 4.78 is 18.2. The number of carbonyl (C=O) groups is 1. The standard InChI is InChI=1S/C18H13FN4O3S/c19-11-5-3-10(4-6-11)16(25)21-14(8-24)17-22-15(23-26-17)13-9-27-18-12(13)2-1-7-20-18/h1-7,9,14,24H,8H2,(H,21,25)/t14-/m0/s1. The number of aliphatic hydroxyl groups excluding tert-OH is 1. The van der Waals surface area contributed by atoms with Gasteiger partial charge in [0.15, 0.2) is 0 Å². The smallest absolute Gasteiger partial charge is 0.251 e. The SMILES string of the molecule is O=C(N[C@@H](CO)c1nc(-c2csc3ncccc23)no1)c1ccc(F)cc1. The predicted molar refractivity (Wildman–Crippen MR) is 96.6 cm³/mol. The molecular formula is C18H13FN4O3S. The zero-order chi connectivity index (χ0) is 18.8. The van der Waals surface area contributed by atoms with Crippen LogP contribution in [0.25, 0.3) is 21.6 Å². The van der Waals surface area contributed by atoms with Crippen LogP contribution in [-0.2, 0) is 0 Å². The number of hydrogen-bond donors (Lipinski definition) is 2. The molecule has 4 aromatic rings. The maximum absolute atomic E-state index is 13.0. The number of nitrogens with one attached hydrogen (secondary N) is 1. The largest absolute Gasteiger partial charge is 0.394 e. The van der Waals surface area contributed by atoms with Gasteiger partial charge in [-0.1, -0.05) is 5.16 Å². The Bertz CT molecular complexity index is 1090. The van der Waals surface area contributed by atoms with E-state index in [0.29, 0.717) is 5.82 Å². The first-order chi connectivity index (χ1) is 13.2. The lowest BCUT2D eigenvalue weighted by Crippen LogP contribution is -2.31. The Labute approximate surface area is 156 Å². The Morgan fingerprint density at radius 3 is 2.89 bits per heavy atom. The highest BCUT2D eigenvalue weighted by molar-refractivity contribution is 7.17. The van der Waals surface area contributed by atoms with Crippen molar-refractivity contribution in [3.63, 3.8) is 0 Å². The molecule has 0 saturated heterocycles. The fraction of sp³-hybridized carbons (Fsp3) is 0.111. The van der Waals surface area contributed by atoms with Crippen molar-refractivity contribution in [1.82, 2.24) is 20.4 Å². The molecule has 1 amide bonds. The molecule has 0 bridgehead atoms. The molecule has 4 rings (SSSR count). The lowest BCUT2D eigenvalue weighted by Gasteiger charge is -2.12. The number of nitrogens with zero attached hydrogens (tertiary/aromatic N) is 3. The lowest BCUT2D eigenvalue weighted by molar-refractivity contribution is 0.0901. The summed E-state index contributed by atoms with van der Waals surface area (Å²) in [5, 5.41) is 18.9. The van der Waals surface area contributed by atoms with Crippen LogP contribution in [0.4, 0.5) is 4.39 Å². The van der Waals surface area contributed by atoms with Gasteiger partial charge in [0.25, 0.3) is 11.8 Å². The van der Waals surface area contributed by atoms with Crippen molar-refractivity contribution in [2.24, 2.45) is 0 Å². The molecule has 3 aromatic heterocycles. The van der Waals surface area contributed by atoms with E-state index >= 15 is 0 Å². The molecule has 1 aromatic carbocycles. The van der Waals surface area contributed by atoms with Crippen LogP contribution in [0.15, 0.2) is 52.5 Å². The first-order valence-corrected chi connectivity index (χ1v) is 8.87. The molecule has 7 nitrogen and oxygen atoms in total. The number of amides is 1. The highest BCUT2D eigenvalue weighted by Crippen LogP contribution is 2.31. The van der Waals surface area contributed by atoms with Crippen molar-refractivity contribution in [2.45, 2.75) is 6.04 Å². The number of aromatic nitrogens is 3. The molecule has 27 heavy (non-hydrogen) atoms. The van der Waals surface area contributed by atoms with E-state index in [2.05, 4.69) is 20.4 Å². The maximum Gasteiger partial charge on any atom is 0.251 e. The van der Waals surface area contributed by atoms with Crippen molar-refractivity contribution in [3.8, 4) is 11.4 Å². The average molecular weight is 384 g/mol. The van der Waals surface area contributed by atoms with Crippen LogP contribution in [0, 0.1) is 5.82 Å². The van der Waals surface area contributed by atoms with E-state index in [9.17, 15) is 14.3 Å². The molecule has 0 aliphatic rings. The van der Waals surface area contributed by atoms with Crippen LogP contribution in [0.5, 0.6) is 0 Å². The minimum atomic E-state index is -0.883. The summed E-state index contributed by atoms with van der Waals surface area (Å²) in [7, 11) is 0. The number of aliphatic hydroxyl groups is 1. The zero-order valence-electron chi connectivity index (χ0n) is 13.8. The third-order valence-corrected chi connectivity index (χ3v) is 4.83. The van der Waals surface area contributed by atoms with Crippen molar-refractivity contribution < 1.29 is 18.8 Å². The van der Waals surface area contributed by atoms with Crippen molar-refractivity contribution in [1.29, 1.82) is 0 Å². The molecule has 0 saturated carbocycles. The normalized spacial score (nSPS) is 12.2. The fourth-order valence-corrected chi connectivity index (χ4v) is 3.44. The van der Waals surface area contributed by atoms with Crippen LogP contribution in [0.1, 0.15) is 22.3 Å². The minimum absolute atomic E-state index is 0.0752. The number of hydrogen-bond acceptors (Lipinski definition) is 7. The number of halogens is 1. The van der Waals surface area contributed by atoms with Gasteiger partial charge in [0.1, 0.15) is 16.7 Å². The van der Waals surface area contributed by atoms with Crippen LogP contribution in [0.2, 0.25) is 0 Å². The average Bonchev–Trinajstić information content (AvgIpc) is 3.33. The summed E-state index contributed by atoms with van der Waals surface area (Å²) in [4.78, 5) is 21.7. The van der Waals surface area contributed by atoms with E-state index in [1.165, 1.54) is 35.6 Å². The topological polar surface area (TPSA) is 101 Å².